The van der Waals surface area contributed by atoms with Crippen molar-refractivity contribution in [2.45, 2.75) is 25.3 Å². The lowest BCUT2D eigenvalue weighted by atomic mass is 9.89. The SMILES string of the molecule is CNC(Cc1ccc(I)cc1)C1CCCOC1. The molecule has 94 valence electrons. The molecule has 0 aliphatic carbocycles. The molecule has 1 saturated heterocycles. The van der Waals surface area contributed by atoms with Gasteiger partial charge in [-0.3, -0.25) is 0 Å². The van der Waals surface area contributed by atoms with Crippen LogP contribution in [0.1, 0.15) is 18.4 Å². The molecule has 1 aromatic carbocycles. The highest BCUT2D eigenvalue weighted by Crippen LogP contribution is 2.20. The van der Waals surface area contributed by atoms with Crippen molar-refractivity contribution in [1.29, 1.82) is 0 Å². The Labute approximate surface area is 117 Å². The van der Waals surface area contributed by atoms with Crippen LogP contribution < -0.4 is 5.32 Å². The summed E-state index contributed by atoms with van der Waals surface area (Å²) in [6.07, 6.45) is 3.59. The van der Waals surface area contributed by atoms with E-state index in [4.69, 9.17) is 4.74 Å². The number of nitrogens with one attached hydrogen (secondary N) is 1. The average Bonchev–Trinajstić information content (AvgIpc) is 2.39. The van der Waals surface area contributed by atoms with Gasteiger partial charge in [0, 0.05) is 16.2 Å². The monoisotopic (exact) mass is 345 g/mol. The van der Waals surface area contributed by atoms with Crippen molar-refractivity contribution in [1.82, 2.24) is 5.32 Å². The van der Waals surface area contributed by atoms with E-state index in [2.05, 4.69) is 59.2 Å². The molecule has 1 aliphatic rings. The third-order valence-corrected chi connectivity index (χ3v) is 4.22. The fraction of sp³-hybridized carbons (Fsp3) is 0.571. The number of rotatable bonds is 4. The van der Waals surface area contributed by atoms with Gasteiger partial charge in [0.05, 0.1) is 6.61 Å². The molecule has 3 heteroatoms. The Bertz CT molecular complexity index is 333. The van der Waals surface area contributed by atoms with Crippen LogP contribution >= 0.6 is 22.6 Å². The summed E-state index contributed by atoms with van der Waals surface area (Å²) < 4.78 is 6.88. The van der Waals surface area contributed by atoms with E-state index >= 15 is 0 Å². The highest BCUT2D eigenvalue weighted by atomic mass is 127. The lowest BCUT2D eigenvalue weighted by Gasteiger charge is -2.30. The molecule has 2 nitrogen and oxygen atoms in total. The number of hydrogen-bond acceptors (Lipinski definition) is 2. The first kappa shape index (κ1) is 13.3. The van der Waals surface area contributed by atoms with E-state index in [0.717, 1.165) is 19.6 Å². The molecule has 1 aromatic rings. The van der Waals surface area contributed by atoms with Crippen LogP contribution in [0, 0.1) is 9.49 Å². The molecule has 1 N–H and O–H groups in total. The number of hydrogen-bond donors (Lipinski definition) is 1. The second-order valence-electron chi connectivity index (χ2n) is 4.70. The van der Waals surface area contributed by atoms with Crippen molar-refractivity contribution in [2.75, 3.05) is 20.3 Å². The zero-order valence-corrected chi connectivity index (χ0v) is 12.4. The highest BCUT2D eigenvalue weighted by molar-refractivity contribution is 14.1. The van der Waals surface area contributed by atoms with Crippen LogP contribution in [0.15, 0.2) is 24.3 Å². The highest BCUT2D eigenvalue weighted by Gasteiger charge is 2.22. The lowest BCUT2D eigenvalue weighted by Crippen LogP contribution is -2.39. The minimum Gasteiger partial charge on any atom is -0.381 e. The molecule has 2 rings (SSSR count). The molecule has 1 fully saturated rings. The Kier molecular flexibility index (Phi) is 5.25. The average molecular weight is 345 g/mol. The number of ether oxygens (including phenoxy) is 1. The Morgan fingerprint density at radius 1 is 1.41 bits per heavy atom. The minimum atomic E-state index is 0.537. The number of halogens is 1. The summed E-state index contributed by atoms with van der Waals surface area (Å²) in [6, 6.07) is 9.36. The molecule has 0 saturated carbocycles. The van der Waals surface area contributed by atoms with E-state index in [-0.39, 0.29) is 0 Å². The summed E-state index contributed by atoms with van der Waals surface area (Å²) in [7, 11) is 2.06. The zero-order valence-electron chi connectivity index (χ0n) is 10.3. The molecule has 1 heterocycles. The maximum Gasteiger partial charge on any atom is 0.0509 e. The van der Waals surface area contributed by atoms with E-state index in [0.29, 0.717) is 12.0 Å². The van der Waals surface area contributed by atoms with Crippen LogP contribution in [-0.2, 0) is 11.2 Å². The molecule has 2 unspecified atom stereocenters. The molecular weight excluding hydrogens is 325 g/mol. The van der Waals surface area contributed by atoms with Gasteiger partial charge in [-0.1, -0.05) is 12.1 Å². The Hall–Kier alpha value is -0.130. The van der Waals surface area contributed by atoms with Gasteiger partial charge in [-0.15, -0.1) is 0 Å². The van der Waals surface area contributed by atoms with Crippen LogP contribution in [0.3, 0.4) is 0 Å². The van der Waals surface area contributed by atoms with Crippen molar-refractivity contribution >= 4 is 22.6 Å². The van der Waals surface area contributed by atoms with Gasteiger partial charge in [0.2, 0.25) is 0 Å². The molecule has 0 spiro atoms. The maximum absolute atomic E-state index is 5.58. The first-order valence-corrected chi connectivity index (χ1v) is 7.37. The third-order valence-electron chi connectivity index (χ3n) is 3.50. The summed E-state index contributed by atoms with van der Waals surface area (Å²) in [5.41, 5.74) is 1.41. The summed E-state index contributed by atoms with van der Waals surface area (Å²) in [5, 5.41) is 3.45. The van der Waals surface area contributed by atoms with Crippen LogP contribution in [0.4, 0.5) is 0 Å². The molecule has 0 bridgehead atoms. The van der Waals surface area contributed by atoms with Crippen LogP contribution in [-0.4, -0.2) is 26.3 Å². The van der Waals surface area contributed by atoms with Crippen LogP contribution in [0.25, 0.3) is 0 Å². The quantitative estimate of drug-likeness (QED) is 0.848. The van der Waals surface area contributed by atoms with Crippen molar-refractivity contribution in [2.24, 2.45) is 5.92 Å². The van der Waals surface area contributed by atoms with Crippen molar-refractivity contribution in [3.8, 4) is 0 Å². The smallest absolute Gasteiger partial charge is 0.0509 e. The van der Waals surface area contributed by atoms with E-state index in [1.807, 2.05) is 0 Å². The Morgan fingerprint density at radius 2 is 2.18 bits per heavy atom. The number of benzene rings is 1. The van der Waals surface area contributed by atoms with Gasteiger partial charge in [-0.2, -0.15) is 0 Å². The molecule has 0 aromatic heterocycles. The summed E-state index contributed by atoms with van der Waals surface area (Å²) in [5.74, 6) is 0.660. The molecule has 2 atom stereocenters. The lowest BCUT2D eigenvalue weighted by molar-refractivity contribution is 0.0405. The predicted octanol–water partition coefficient (Wildman–Crippen LogP) is 2.85. The maximum atomic E-state index is 5.58. The first-order chi connectivity index (χ1) is 8.29. The predicted molar refractivity (Wildman–Crippen MR) is 79.3 cm³/mol. The van der Waals surface area contributed by atoms with Gasteiger partial charge >= 0.3 is 0 Å². The second kappa shape index (κ2) is 6.71. The largest absolute Gasteiger partial charge is 0.381 e. The standard InChI is InChI=1S/C14H20INO/c1-16-14(12-3-2-8-17-10-12)9-11-4-6-13(15)7-5-11/h4-7,12,14,16H,2-3,8-10H2,1H3. The molecule has 1 aliphatic heterocycles. The molecule has 0 amide bonds. The molecular formula is C14H20INO. The van der Waals surface area contributed by atoms with Gasteiger partial charge in [0.15, 0.2) is 0 Å². The van der Waals surface area contributed by atoms with E-state index in [1.54, 1.807) is 0 Å². The summed E-state index contributed by atoms with van der Waals surface area (Å²) >= 11 is 2.35. The van der Waals surface area contributed by atoms with Gasteiger partial charge in [0.25, 0.3) is 0 Å². The fourth-order valence-electron chi connectivity index (χ4n) is 2.46. The fourth-order valence-corrected chi connectivity index (χ4v) is 2.82. The van der Waals surface area contributed by atoms with Crippen LogP contribution in [0.5, 0.6) is 0 Å². The van der Waals surface area contributed by atoms with Crippen molar-refractivity contribution in [3.05, 3.63) is 33.4 Å². The minimum absolute atomic E-state index is 0.537. The van der Waals surface area contributed by atoms with Gasteiger partial charge in [0.1, 0.15) is 0 Å². The van der Waals surface area contributed by atoms with Gasteiger partial charge in [-0.05, 0) is 72.5 Å². The number of likely N-dealkylation sites (N-methyl/N-ethyl adjacent to an activating group) is 1. The normalized spacial score (nSPS) is 22.4. The second-order valence-corrected chi connectivity index (χ2v) is 5.95. The topological polar surface area (TPSA) is 21.3 Å². The Morgan fingerprint density at radius 3 is 2.76 bits per heavy atom. The van der Waals surface area contributed by atoms with Gasteiger partial charge in [-0.25, -0.2) is 0 Å². The molecule has 17 heavy (non-hydrogen) atoms. The van der Waals surface area contributed by atoms with E-state index in [1.165, 1.54) is 22.0 Å². The first-order valence-electron chi connectivity index (χ1n) is 6.29. The van der Waals surface area contributed by atoms with Gasteiger partial charge < -0.3 is 10.1 Å². The van der Waals surface area contributed by atoms with E-state index < -0.39 is 0 Å². The molecule has 0 radical (unpaired) electrons. The third kappa shape index (κ3) is 3.93. The van der Waals surface area contributed by atoms with Crippen molar-refractivity contribution in [3.63, 3.8) is 0 Å². The van der Waals surface area contributed by atoms with Crippen molar-refractivity contribution < 1.29 is 4.74 Å². The van der Waals surface area contributed by atoms with E-state index in [9.17, 15) is 0 Å². The Balaban J connectivity index is 1.96. The zero-order chi connectivity index (χ0) is 12.1. The summed E-state index contributed by atoms with van der Waals surface area (Å²) in [4.78, 5) is 0. The van der Waals surface area contributed by atoms with Crippen LogP contribution in [0.2, 0.25) is 0 Å². The summed E-state index contributed by atoms with van der Waals surface area (Å²) in [6.45, 7) is 1.85.